The maximum absolute atomic E-state index is 5.46. The maximum Gasteiger partial charge on any atom is 0.122 e. The van der Waals surface area contributed by atoms with Crippen LogP contribution in [0.5, 0.6) is 5.75 Å². The number of aromatic nitrogens is 3. The number of aromatic amines is 1. The van der Waals surface area contributed by atoms with Gasteiger partial charge < -0.3 is 9.64 Å². The summed E-state index contributed by atoms with van der Waals surface area (Å²) in [5.41, 5.74) is 4.58. The second-order valence-corrected chi connectivity index (χ2v) is 7.13. The van der Waals surface area contributed by atoms with Gasteiger partial charge in [-0.05, 0) is 62.2 Å². The molecule has 1 aliphatic rings. The van der Waals surface area contributed by atoms with Gasteiger partial charge in [-0.1, -0.05) is 18.2 Å². The largest absolute Gasteiger partial charge is 0.496 e. The Kier molecular flexibility index (Phi) is 5.49. The minimum Gasteiger partial charge on any atom is -0.496 e. The number of ether oxygens (including phenoxy) is 1. The number of nitrogens with zero attached hydrogens (tertiary/aromatic N) is 3. The summed E-state index contributed by atoms with van der Waals surface area (Å²) in [5.74, 6) is 1.55. The van der Waals surface area contributed by atoms with Gasteiger partial charge in [-0.15, -0.1) is 0 Å². The molecule has 140 valence electrons. The number of hydrogen-bond donors (Lipinski definition) is 1. The zero-order valence-electron chi connectivity index (χ0n) is 15.8. The molecule has 3 heterocycles. The van der Waals surface area contributed by atoms with Crippen LogP contribution in [-0.2, 0) is 6.42 Å². The Morgan fingerprint density at radius 1 is 1.15 bits per heavy atom. The lowest BCUT2D eigenvalue weighted by molar-refractivity contribution is 0.212. The lowest BCUT2D eigenvalue weighted by atomic mass is 9.93. The topological polar surface area (TPSA) is 54.0 Å². The van der Waals surface area contributed by atoms with E-state index in [2.05, 4.69) is 38.3 Å². The van der Waals surface area contributed by atoms with Crippen molar-refractivity contribution in [3.8, 4) is 17.0 Å². The molecule has 1 N–H and O–H groups in total. The Hall–Kier alpha value is -2.66. The predicted octanol–water partition coefficient (Wildman–Crippen LogP) is 3.90. The number of H-pyrrole nitrogens is 1. The van der Waals surface area contributed by atoms with E-state index in [1.54, 1.807) is 13.3 Å². The molecule has 0 saturated carbocycles. The van der Waals surface area contributed by atoms with E-state index in [9.17, 15) is 0 Å². The third-order valence-electron chi connectivity index (χ3n) is 5.47. The quantitative estimate of drug-likeness (QED) is 0.722. The molecule has 3 aromatic rings. The fraction of sp³-hybridized carbons (Fsp3) is 0.364. The Morgan fingerprint density at radius 3 is 2.78 bits per heavy atom. The van der Waals surface area contributed by atoms with Crippen LogP contribution in [0.1, 0.15) is 30.0 Å². The van der Waals surface area contributed by atoms with Crippen LogP contribution >= 0.6 is 0 Å². The maximum atomic E-state index is 5.46. The number of methoxy groups -OCH3 is 1. The second kappa shape index (κ2) is 8.35. The van der Waals surface area contributed by atoms with Gasteiger partial charge in [0.2, 0.25) is 0 Å². The molecule has 5 heteroatoms. The highest BCUT2D eigenvalue weighted by Crippen LogP contribution is 2.29. The normalized spacial score (nSPS) is 15.7. The molecule has 0 radical (unpaired) electrons. The molecular weight excluding hydrogens is 336 g/mol. The third kappa shape index (κ3) is 4.19. The van der Waals surface area contributed by atoms with Gasteiger partial charge in [0.1, 0.15) is 5.75 Å². The monoisotopic (exact) mass is 362 g/mol. The van der Waals surface area contributed by atoms with Crippen molar-refractivity contribution in [3.63, 3.8) is 0 Å². The molecule has 27 heavy (non-hydrogen) atoms. The molecule has 0 bridgehead atoms. The number of pyridine rings is 1. The Bertz CT molecular complexity index is 854. The van der Waals surface area contributed by atoms with Crippen molar-refractivity contribution in [2.75, 3.05) is 26.7 Å². The van der Waals surface area contributed by atoms with Gasteiger partial charge in [0.05, 0.1) is 12.8 Å². The van der Waals surface area contributed by atoms with E-state index >= 15 is 0 Å². The molecule has 4 rings (SSSR count). The zero-order chi connectivity index (χ0) is 18.5. The van der Waals surface area contributed by atoms with Crippen molar-refractivity contribution in [1.82, 2.24) is 20.1 Å². The molecule has 5 nitrogen and oxygen atoms in total. The molecule has 1 fully saturated rings. The van der Waals surface area contributed by atoms with Crippen molar-refractivity contribution >= 4 is 0 Å². The lowest BCUT2D eigenvalue weighted by Gasteiger charge is -2.31. The fourth-order valence-corrected chi connectivity index (χ4v) is 3.86. The molecule has 1 aromatic carbocycles. The van der Waals surface area contributed by atoms with Crippen molar-refractivity contribution in [3.05, 3.63) is 66.1 Å². The minimum atomic E-state index is 0.561. The first-order valence-corrected chi connectivity index (χ1v) is 9.63. The van der Waals surface area contributed by atoms with Gasteiger partial charge in [0.15, 0.2) is 0 Å². The highest BCUT2D eigenvalue weighted by atomic mass is 16.5. The van der Waals surface area contributed by atoms with Crippen molar-refractivity contribution in [1.29, 1.82) is 0 Å². The zero-order valence-corrected chi connectivity index (χ0v) is 15.8. The summed E-state index contributed by atoms with van der Waals surface area (Å²) in [6.07, 6.45) is 7.02. The van der Waals surface area contributed by atoms with Gasteiger partial charge in [-0.3, -0.25) is 10.1 Å². The Morgan fingerprint density at radius 2 is 2.00 bits per heavy atom. The Labute approximate surface area is 160 Å². The van der Waals surface area contributed by atoms with Crippen molar-refractivity contribution < 1.29 is 4.74 Å². The first-order chi connectivity index (χ1) is 13.3. The van der Waals surface area contributed by atoms with Crippen LogP contribution in [0.25, 0.3) is 11.3 Å². The highest BCUT2D eigenvalue weighted by Gasteiger charge is 2.22. The molecule has 0 amide bonds. The van der Waals surface area contributed by atoms with E-state index in [1.807, 2.05) is 30.5 Å². The number of hydrogen-bond acceptors (Lipinski definition) is 4. The number of benzene rings is 1. The molecule has 2 aromatic heterocycles. The summed E-state index contributed by atoms with van der Waals surface area (Å²) in [6.45, 7) is 3.33. The van der Waals surface area contributed by atoms with Crippen LogP contribution in [0.4, 0.5) is 0 Å². The van der Waals surface area contributed by atoms with Gasteiger partial charge in [-0.2, -0.15) is 5.10 Å². The van der Waals surface area contributed by atoms with Gasteiger partial charge >= 0.3 is 0 Å². The fourth-order valence-electron chi connectivity index (χ4n) is 3.86. The highest BCUT2D eigenvalue weighted by molar-refractivity contribution is 5.57. The van der Waals surface area contributed by atoms with Crippen molar-refractivity contribution in [2.24, 2.45) is 0 Å². The van der Waals surface area contributed by atoms with Crippen LogP contribution in [0.15, 0.2) is 54.9 Å². The molecule has 0 atom stereocenters. The van der Waals surface area contributed by atoms with E-state index in [4.69, 9.17) is 4.74 Å². The number of para-hydroxylation sites is 1. The molecular formula is C22H26N4O. The predicted molar refractivity (Wildman–Crippen MR) is 107 cm³/mol. The number of rotatable bonds is 6. The molecule has 1 aliphatic heterocycles. The summed E-state index contributed by atoms with van der Waals surface area (Å²) in [6, 6.07) is 14.5. The van der Waals surface area contributed by atoms with Crippen LogP contribution in [-0.4, -0.2) is 46.8 Å². The van der Waals surface area contributed by atoms with Gasteiger partial charge in [0, 0.05) is 36.1 Å². The van der Waals surface area contributed by atoms with E-state index in [-0.39, 0.29) is 0 Å². The van der Waals surface area contributed by atoms with E-state index < -0.39 is 0 Å². The van der Waals surface area contributed by atoms with Crippen molar-refractivity contribution in [2.45, 2.75) is 25.2 Å². The van der Waals surface area contributed by atoms with E-state index in [1.165, 1.54) is 24.1 Å². The second-order valence-electron chi connectivity index (χ2n) is 7.13. The van der Waals surface area contributed by atoms with Crippen LogP contribution in [0, 0.1) is 0 Å². The summed E-state index contributed by atoms with van der Waals surface area (Å²) in [5, 5.41) is 7.73. The molecule has 0 spiro atoms. The summed E-state index contributed by atoms with van der Waals surface area (Å²) in [7, 11) is 1.74. The average Bonchev–Trinajstić information content (AvgIpc) is 3.24. The summed E-state index contributed by atoms with van der Waals surface area (Å²) < 4.78 is 5.46. The standard InChI is InChI=1S/C22H26N4O/c1-27-22-7-3-2-5-18(22)10-14-26-12-8-17(9-13-26)20-15-21(25-24-20)19-6-4-11-23-16-19/h2-7,11,15-17H,8-10,12-14H2,1H3,(H,24,25). The average molecular weight is 362 g/mol. The van der Waals surface area contributed by atoms with Gasteiger partial charge in [0.25, 0.3) is 0 Å². The Balaban J connectivity index is 1.31. The SMILES string of the molecule is COc1ccccc1CCN1CCC(c2cc(-c3cccnc3)n[nH]2)CC1. The number of likely N-dealkylation sites (tertiary alicyclic amines) is 1. The minimum absolute atomic E-state index is 0.561. The van der Waals surface area contributed by atoms with Gasteiger partial charge in [-0.25, -0.2) is 0 Å². The third-order valence-corrected chi connectivity index (χ3v) is 5.47. The van der Waals surface area contributed by atoms with Crippen LogP contribution in [0.3, 0.4) is 0 Å². The summed E-state index contributed by atoms with van der Waals surface area (Å²) in [4.78, 5) is 6.74. The first-order valence-electron chi connectivity index (χ1n) is 9.63. The summed E-state index contributed by atoms with van der Waals surface area (Å²) >= 11 is 0. The van der Waals surface area contributed by atoms with Crippen LogP contribution < -0.4 is 4.74 Å². The first kappa shape index (κ1) is 17.7. The number of nitrogens with one attached hydrogen (secondary N) is 1. The lowest BCUT2D eigenvalue weighted by Crippen LogP contribution is -2.34. The smallest absolute Gasteiger partial charge is 0.122 e. The number of piperidine rings is 1. The molecule has 0 aliphatic carbocycles. The van der Waals surface area contributed by atoms with E-state index in [0.717, 1.165) is 43.1 Å². The van der Waals surface area contributed by atoms with E-state index in [0.29, 0.717) is 5.92 Å². The molecule has 0 unspecified atom stereocenters. The van der Waals surface area contributed by atoms with Crippen LogP contribution in [0.2, 0.25) is 0 Å². The molecule has 1 saturated heterocycles.